The van der Waals surface area contributed by atoms with Crippen molar-refractivity contribution in [3.8, 4) is 0 Å². The maximum Gasteiger partial charge on any atom is 0.317 e. The summed E-state index contributed by atoms with van der Waals surface area (Å²) in [6.45, 7) is 12.2. The third-order valence-corrected chi connectivity index (χ3v) is 8.46. The third kappa shape index (κ3) is 6.27. The molecule has 4 fully saturated rings. The summed E-state index contributed by atoms with van der Waals surface area (Å²) in [5.74, 6) is -1.19. The number of hydrogen-bond acceptors (Lipinski definition) is 6. The highest BCUT2D eigenvalue weighted by molar-refractivity contribution is 5.75. The lowest BCUT2D eigenvalue weighted by Gasteiger charge is -2.42. The van der Waals surface area contributed by atoms with Crippen molar-refractivity contribution in [1.29, 1.82) is 0 Å². The van der Waals surface area contributed by atoms with Crippen LogP contribution in [0.15, 0.2) is 4.52 Å². The van der Waals surface area contributed by atoms with Crippen molar-refractivity contribution in [3.05, 3.63) is 11.7 Å². The zero-order chi connectivity index (χ0) is 26.4. The molecule has 4 aliphatic rings. The first-order valence-electron chi connectivity index (χ1n) is 14.1. The van der Waals surface area contributed by atoms with E-state index in [1.165, 1.54) is 0 Å². The van der Waals surface area contributed by atoms with Gasteiger partial charge < -0.3 is 24.4 Å². The third-order valence-electron chi connectivity index (χ3n) is 8.46. The Morgan fingerprint density at radius 1 is 1.14 bits per heavy atom. The Balaban J connectivity index is 1.17. The number of likely N-dealkylation sites (tertiary alicyclic amines) is 2. The first-order chi connectivity index (χ1) is 17.4. The van der Waals surface area contributed by atoms with Gasteiger partial charge in [-0.25, -0.2) is 13.6 Å². The van der Waals surface area contributed by atoms with Crippen LogP contribution in [0.3, 0.4) is 0 Å². The van der Waals surface area contributed by atoms with Crippen LogP contribution in [0.2, 0.25) is 0 Å². The lowest BCUT2D eigenvalue weighted by atomic mass is 9.79. The SMILES string of the molecule is CC(C)(C)CN1CC[C@H](O[C@H]2CCCC(F)(F)[C@@H]2NC(=O)N2CCC(C)(c3noc(C4CC4)n3)CC2)C1. The summed E-state index contributed by atoms with van der Waals surface area (Å²) >= 11 is 0. The molecule has 5 rings (SSSR count). The van der Waals surface area contributed by atoms with E-state index in [1.54, 1.807) is 4.90 Å². The Kier molecular flexibility index (Phi) is 7.28. The van der Waals surface area contributed by atoms with E-state index in [9.17, 15) is 4.79 Å². The van der Waals surface area contributed by atoms with Crippen LogP contribution in [0.25, 0.3) is 0 Å². The average Bonchev–Trinajstić information content (AvgIpc) is 3.37. The Hall–Kier alpha value is -1.81. The van der Waals surface area contributed by atoms with Crippen molar-refractivity contribution in [2.45, 2.75) is 115 Å². The number of rotatable bonds is 6. The second-order valence-electron chi connectivity index (χ2n) is 13.2. The van der Waals surface area contributed by atoms with Gasteiger partial charge >= 0.3 is 6.03 Å². The molecule has 2 aliphatic carbocycles. The van der Waals surface area contributed by atoms with Crippen LogP contribution in [0, 0.1) is 5.41 Å². The molecule has 2 saturated carbocycles. The molecular formula is C27H43F2N5O3. The van der Waals surface area contributed by atoms with Gasteiger partial charge in [-0.2, -0.15) is 4.98 Å². The Labute approximate surface area is 218 Å². The van der Waals surface area contributed by atoms with Gasteiger partial charge in [0.2, 0.25) is 5.89 Å². The van der Waals surface area contributed by atoms with Crippen LogP contribution in [-0.2, 0) is 10.2 Å². The number of amides is 2. The largest absolute Gasteiger partial charge is 0.371 e. The van der Waals surface area contributed by atoms with Crippen molar-refractivity contribution in [1.82, 2.24) is 25.3 Å². The second kappa shape index (κ2) is 10.1. The molecule has 0 spiro atoms. The van der Waals surface area contributed by atoms with Crippen LogP contribution in [0.4, 0.5) is 13.6 Å². The summed E-state index contributed by atoms with van der Waals surface area (Å²) < 4.78 is 41.9. The van der Waals surface area contributed by atoms with E-state index in [-0.39, 0.29) is 23.4 Å². The van der Waals surface area contributed by atoms with E-state index in [4.69, 9.17) is 9.26 Å². The number of hydrogen-bond donors (Lipinski definition) is 1. The molecule has 208 valence electrons. The molecule has 1 N–H and O–H groups in total. The maximum absolute atomic E-state index is 15.1. The van der Waals surface area contributed by atoms with E-state index >= 15 is 8.78 Å². The topological polar surface area (TPSA) is 83.7 Å². The van der Waals surface area contributed by atoms with E-state index in [0.717, 1.165) is 38.9 Å². The molecule has 37 heavy (non-hydrogen) atoms. The molecule has 3 atom stereocenters. The van der Waals surface area contributed by atoms with Gasteiger partial charge in [0.15, 0.2) is 5.82 Å². The van der Waals surface area contributed by atoms with Gasteiger partial charge in [-0.3, -0.25) is 0 Å². The number of urea groups is 1. The first kappa shape index (κ1) is 26.8. The highest BCUT2D eigenvalue weighted by Gasteiger charge is 2.50. The average molecular weight is 524 g/mol. The van der Waals surface area contributed by atoms with Crippen LogP contribution in [0.5, 0.6) is 0 Å². The molecule has 8 nitrogen and oxygen atoms in total. The summed E-state index contributed by atoms with van der Waals surface area (Å²) in [6, 6.07) is -1.74. The van der Waals surface area contributed by atoms with Crippen molar-refractivity contribution in [2.24, 2.45) is 5.41 Å². The summed E-state index contributed by atoms with van der Waals surface area (Å²) in [6.07, 6.45) is 4.31. The van der Waals surface area contributed by atoms with E-state index in [0.29, 0.717) is 56.4 Å². The smallest absolute Gasteiger partial charge is 0.317 e. The molecule has 0 radical (unpaired) electrons. The Morgan fingerprint density at radius 3 is 2.54 bits per heavy atom. The summed E-state index contributed by atoms with van der Waals surface area (Å²) in [7, 11) is 0. The molecule has 2 aliphatic heterocycles. The Bertz CT molecular complexity index is 952. The number of nitrogens with zero attached hydrogens (tertiary/aromatic N) is 4. The highest BCUT2D eigenvalue weighted by atomic mass is 19.3. The predicted molar refractivity (Wildman–Crippen MR) is 135 cm³/mol. The molecule has 1 aromatic heterocycles. The van der Waals surface area contributed by atoms with Gasteiger partial charge in [0.1, 0.15) is 6.04 Å². The normalized spacial score (nSPS) is 30.4. The highest BCUT2D eigenvalue weighted by Crippen LogP contribution is 2.41. The van der Waals surface area contributed by atoms with Gasteiger partial charge in [-0.1, -0.05) is 32.9 Å². The van der Waals surface area contributed by atoms with Crippen molar-refractivity contribution in [3.63, 3.8) is 0 Å². The number of ether oxygens (including phenoxy) is 1. The predicted octanol–water partition coefficient (Wildman–Crippen LogP) is 4.70. The molecule has 10 heteroatoms. The van der Waals surface area contributed by atoms with Crippen molar-refractivity contribution in [2.75, 3.05) is 32.7 Å². The second-order valence-corrected chi connectivity index (χ2v) is 13.2. The Morgan fingerprint density at radius 2 is 1.86 bits per heavy atom. The zero-order valence-corrected chi connectivity index (χ0v) is 22.8. The van der Waals surface area contributed by atoms with Gasteiger partial charge in [0.25, 0.3) is 5.92 Å². The number of alkyl halides is 2. The molecule has 0 unspecified atom stereocenters. The van der Waals surface area contributed by atoms with Crippen LogP contribution < -0.4 is 5.32 Å². The van der Waals surface area contributed by atoms with E-state index in [2.05, 4.69) is 48.1 Å². The van der Waals surface area contributed by atoms with Gasteiger partial charge in [0.05, 0.1) is 12.2 Å². The van der Waals surface area contributed by atoms with E-state index in [1.807, 2.05) is 0 Å². The van der Waals surface area contributed by atoms with Crippen LogP contribution >= 0.6 is 0 Å². The number of nitrogens with one attached hydrogen (secondary N) is 1. The molecule has 2 amide bonds. The maximum atomic E-state index is 15.1. The quantitative estimate of drug-likeness (QED) is 0.582. The summed E-state index contributed by atoms with van der Waals surface area (Å²) in [5.41, 5.74) is -0.105. The molecule has 1 aromatic rings. The number of carbonyl (C=O) groups is 1. The molecule has 3 heterocycles. The number of piperidine rings is 1. The van der Waals surface area contributed by atoms with Crippen molar-refractivity contribution >= 4 is 6.03 Å². The van der Waals surface area contributed by atoms with Gasteiger partial charge in [-0.15, -0.1) is 0 Å². The lowest BCUT2D eigenvalue weighted by Crippen LogP contribution is -2.61. The summed E-state index contributed by atoms with van der Waals surface area (Å²) in [4.78, 5) is 21.8. The number of halogens is 2. The first-order valence-corrected chi connectivity index (χ1v) is 14.1. The zero-order valence-electron chi connectivity index (χ0n) is 22.8. The molecule has 0 aromatic carbocycles. The summed E-state index contributed by atoms with van der Waals surface area (Å²) in [5, 5.41) is 6.91. The minimum Gasteiger partial charge on any atom is -0.371 e. The van der Waals surface area contributed by atoms with E-state index < -0.39 is 24.1 Å². The van der Waals surface area contributed by atoms with Gasteiger partial charge in [0, 0.05) is 50.5 Å². The number of carbonyl (C=O) groups excluding carboxylic acids is 1. The van der Waals surface area contributed by atoms with Crippen LogP contribution in [-0.4, -0.2) is 82.9 Å². The molecule has 0 bridgehead atoms. The standard InChI is InChI=1S/C27H43F2N5O3/c1-25(2,3)17-33-13-9-19(16-33)36-20-6-5-10-27(28,29)21(20)30-24(35)34-14-11-26(4,12-15-34)23-31-22(37-32-23)18-7-8-18/h18-21H,5-17H2,1-4H3,(H,30,35)/t19-,20-,21+/m0/s1. The lowest BCUT2D eigenvalue weighted by molar-refractivity contribution is -0.138. The number of aromatic nitrogens is 2. The van der Waals surface area contributed by atoms with Crippen molar-refractivity contribution < 1.29 is 22.8 Å². The monoisotopic (exact) mass is 523 g/mol. The van der Waals surface area contributed by atoms with Gasteiger partial charge in [-0.05, 0) is 50.4 Å². The molecular weight excluding hydrogens is 480 g/mol. The van der Waals surface area contributed by atoms with Crippen LogP contribution in [0.1, 0.15) is 96.7 Å². The molecule has 2 saturated heterocycles. The fourth-order valence-electron chi connectivity index (χ4n) is 6.08. The fourth-order valence-corrected chi connectivity index (χ4v) is 6.08. The minimum absolute atomic E-state index is 0.0770. The minimum atomic E-state index is -2.99. The fraction of sp³-hybridized carbons (Fsp3) is 0.889.